The van der Waals surface area contributed by atoms with Crippen LogP contribution in [0.15, 0.2) is 65.7 Å². The van der Waals surface area contributed by atoms with Crippen LogP contribution in [0.4, 0.5) is 5.69 Å². The number of anilines is 1. The van der Waals surface area contributed by atoms with Gasteiger partial charge in [-0.05, 0) is 56.2 Å². The van der Waals surface area contributed by atoms with Gasteiger partial charge in [0, 0.05) is 30.4 Å². The fourth-order valence-corrected chi connectivity index (χ4v) is 5.64. The van der Waals surface area contributed by atoms with E-state index >= 15 is 0 Å². The Labute approximate surface area is 192 Å². The number of para-hydroxylation sites is 1. The minimum atomic E-state index is -3.81. The Hall–Kier alpha value is -3.30. The van der Waals surface area contributed by atoms with Crippen LogP contribution in [-0.4, -0.2) is 49.3 Å². The maximum atomic E-state index is 13.4. The van der Waals surface area contributed by atoms with Crippen LogP contribution in [0.5, 0.6) is 0 Å². The van der Waals surface area contributed by atoms with Gasteiger partial charge in [-0.2, -0.15) is 4.31 Å². The maximum Gasteiger partial charge on any atom is 0.338 e. The number of pyridine rings is 1. The molecule has 1 saturated heterocycles. The molecule has 0 bridgehead atoms. The van der Waals surface area contributed by atoms with Gasteiger partial charge < -0.3 is 10.1 Å². The van der Waals surface area contributed by atoms with Gasteiger partial charge in [0.1, 0.15) is 4.90 Å². The molecule has 2 aromatic carbocycles. The minimum absolute atomic E-state index is 0.0955. The van der Waals surface area contributed by atoms with Crippen molar-refractivity contribution < 1.29 is 22.7 Å². The number of nitrogens with one attached hydrogen (secondary N) is 1. The van der Waals surface area contributed by atoms with Gasteiger partial charge in [0.05, 0.1) is 23.6 Å². The largest absolute Gasteiger partial charge is 0.462 e. The van der Waals surface area contributed by atoms with Crippen molar-refractivity contribution in [2.24, 2.45) is 5.92 Å². The molecule has 1 amide bonds. The van der Waals surface area contributed by atoms with Crippen molar-refractivity contribution in [2.45, 2.75) is 24.7 Å². The molecule has 0 spiro atoms. The fourth-order valence-electron chi connectivity index (χ4n) is 3.95. The molecule has 4 rings (SSSR count). The lowest BCUT2D eigenvalue weighted by molar-refractivity contribution is -0.120. The number of fused-ring (bicyclic) bond motifs is 1. The fraction of sp³-hybridized carbons (Fsp3) is 0.292. The molecule has 172 valence electrons. The summed E-state index contributed by atoms with van der Waals surface area (Å²) in [6.45, 7) is 2.46. The molecule has 0 aliphatic carbocycles. The van der Waals surface area contributed by atoms with E-state index in [0.717, 1.165) is 5.39 Å². The predicted molar refractivity (Wildman–Crippen MR) is 124 cm³/mol. The van der Waals surface area contributed by atoms with Crippen LogP contribution in [0.1, 0.15) is 30.1 Å². The normalized spacial score (nSPS) is 16.9. The average molecular weight is 468 g/mol. The molecule has 3 aromatic rings. The van der Waals surface area contributed by atoms with E-state index in [1.807, 2.05) is 12.1 Å². The van der Waals surface area contributed by atoms with Crippen LogP contribution in [-0.2, 0) is 19.6 Å². The average Bonchev–Trinajstić information content (AvgIpc) is 2.84. The van der Waals surface area contributed by atoms with Crippen molar-refractivity contribution in [3.63, 3.8) is 0 Å². The second kappa shape index (κ2) is 9.68. The number of rotatable bonds is 6. The number of carbonyl (C=O) groups excluding carboxylic acids is 2. The van der Waals surface area contributed by atoms with Crippen molar-refractivity contribution in [1.29, 1.82) is 0 Å². The molecule has 0 unspecified atom stereocenters. The summed E-state index contributed by atoms with van der Waals surface area (Å²) in [7, 11) is -3.81. The number of ether oxygens (including phenoxy) is 1. The summed E-state index contributed by atoms with van der Waals surface area (Å²) in [5, 5.41) is 3.57. The van der Waals surface area contributed by atoms with E-state index in [-0.39, 0.29) is 24.0 Å². The smallest absolute Gasteiger partial charge is 0.338 e. The number of benzene rings is 2. The molecule has 0 saturated carbocycles. The molecule has 1 aromatic heterocycles. The first-order valence-corrected chi connectivity index (χ1v) is 12.3. The van der Waals surface area contributed by atoms with Crippen LogP contribution in [0.3, 0.4) is 0 Å². The summed E-state index contributed by atoms with van der Waals surface area (Å²) < 4.78 is 33.1. The number of aromatic nitrogens is 1. The molecule has 33 heavy (non-hydrogen) atoms. The quantitative estimate of drug-likeness (QED) is 0.557. The van der Waals surface area contributed by atoms with E-state index < -0.39 is 21.9 Å². The van der Waals surface area contributed by atoms with Crippen molar-refractivity contribution in [3.05, 3.63) is 66.4 Å². The van der Waals surface area contributed by atoms with Crippen molar-refractivity contribution in [3.8, 4) is 0 Å². The number of amides is 1. The van der Waals surface area contributed by atoms with Gasteiger partial charge >= 0.3 is 5.97 Å². The van der Waals surface area contributed by atoms with Crippen LogP contribution in [0, 0.1) is 5.92 Å². The molecular weight excluding hydrogens is 442 g/mol. The highest BCUT2D eigenvalue weighted by Crippen LogP contribution is 2.28. The van der Waals surface area contributed by atoms with E-state index in [1.165, 1.54) is 4.31 Å². The summed E-state index contributed by atoms with van der Waals surface area (Å²) in [6.07, 6.45) is 2.74. The Morgan fingerprint density at radius 1 is 1.12 bits per heavy atom. The van der Waals surface area contributed by atoms with E-state index in [4.69, 9.17) is 4.74 Å². The summed E-state index contributed by atoms with van der Waals surface area (Å²) in [6, 6.07) is 15.1. The number of sulfonamides is 1. The van der Waals surface area contributed by atoms with Crippen molar-refractivity contribution in [1.82, 2.24) is 9.29 Å². The van der Waals surface area contributed by atoms with Crippen LogP contribution < -0.4 is 5.32 Å². The monoisotopic (exact) mass is 467 g/mol. The number of hydrogen-bond acceptors (Lipinski definition) is 6. The summed E-state index contributed by atoms with van der Waals surface area (Å²) in [5.41, 5.74) is 1.35. The van der Waals surface area contributed by atoms with Gasteiger partial charge in [-0.3, -0.25) is 9.78 Å². The van der Waals surface area contributed by atoms with Gasteiger partial charge in [0.15, 0.2) is 0 Å². The Morgan fingerprint density at radius 2 is 1.88 bits per heavy atom. The molecule has 1 aliphatic heterocycles. The molecule has 0 radical (unpaired) electrons. The summed E-state index contributed by atoms with van der Waals surface area (Å²) in [5.74, 6) is -1.16. The first-order chi connectivity index (χ1) is 15.9. The van der Waals surface area contributed by atoms with Crippen LogP contribution in [0.2, 0.25) is 0 Å². The van der Waals surface area contributed by atoms with Gasteiger partial charge in [-0.1, -0.05) is 18.2 Å². The number of piperidine rings is 1. The van der Waals surface area contributed by atoms with Crippen molar-refractivity contribution >= 4 is 38.5 Å². The summed E-state index contributed by atoms with van der Waals surface area (Å²) in [4.78, 5) is 29.1. The topological polar surface area (TPSA) is 106 Å². The zero-order chi connectivity index (χ0) is 23.4. The highest BCUT2D eigenvalue weighted by molar-refractivity contribution is 7.89. The number of nitrogens with zero attached hydrogens (tertiary/aromatic N) is 2. The number of hydrogen-bond donors (Lipinski definition) is 1. The van der Waals surface area contributed by atoms with Crippen molar-refractivity contribution in [2.75, 3.05) is 25.0 Å². The van der Waals surface area contributed by atoms with Gasteiger partial charge in [0.2, 0.25) is 15.9 Å². The zero-order valence-corrected chi connectivity index (χ0v) is 19.0. The van der Waals surface area contributed by atoms with Crippen LogP contribution in [0.25, 0.3) is 10.9 Å². The lowest BCUT2D eigenvalue weighted by Gasteiger charge is -2.31. The Bertz CT molecular complexity index is 1270. The van der Waals surface area contributed by atoms with Crippen LogP contribution >= 0.6 is 0 Å². The predicted octanol–water partition coefficient (Wildman–Crippen LogP) is 3.45. The second-order valence-corrected chi connectivity index (χ2v) is 9.73. The molecule has 1 atom stereocenters. The molecular formula is C24H25N3O5S. The lowest BCUT2D eigenvalue weighted by atomic mass is 9.98. The Morgan fingerprint density at radius 3 is 2.64 bits per heavy atom. The first kappa shape index (κ1) is 22.9. The van der Waals surface area contributed by atoms with E-state index in [9.17, 15) is 18.0 Å². The maximum absolute atomic E-state index is 13.4. The molecule has 8 nitrogen and oxygen atoms in total. The zero-order valence-electron chi connectivity index (χ0n) is 18.2. The highest BCUT2D eigenvalue weighted by atomic mass is 32.2. The second-order valence-electron chi connectivity index (χ2n) is 7.82. The SMILES string of the molecule is CCOC(=O)c1ccc(NC(=O)[C@@H]2CCCN(S(=O)(=O)c3cccc4cccnc34)C2)cc1. The molecule has 9 heteroatoms. The van der Waals surface area contributed by atoms with E-state index in [1.54, 1.807) is 55.6 Å². The Kier molecular flexibility index (Phi) is 6.71. The first-order valence-electron chi connectivity index (χ1n) is 10.8. The minimum Gasteiger partial charge on any atom is -0.462 e. The van der Waals surface area contributed by atoms with E-state index in [2.05, 4.69) is 10.3 Å². The number of esters is 1. The van der Waals surface area contributed by atoms with Gasteiger partial charge in [-0.15, -0.1) is 0 Å². The van der Waals surface area contributed by atoms with E-state index in [0.29, 0.717) is 36.2 Å². The molecule has 1 N–H and O–H groups in total. The molecule has 2 heterocycles. The molecule has 1 fully saturated rings. The third kappa shape index (κ3) is 4.89. The number of carbonyl (C=O) groups is 2. The third-order valence-corrected chi connectivity index (χ3v) is 7.53. The van der Waals surface area contributed by atoms with Gasteiger partial charge in [0.25, 0.3) is 0 Å². The summed E-state index contributed by atoms with van der Waals surface area (Å²) >= 11 is 0. The standard InChI is InChI=1S/C24H25N3O5S/c1-2-32-24(29)18-10-12-20(13-11-18)26-23(28)19-8-5-15-27(16-19)33(30,31)21-9-3-6-17-7-4-14-25-22(17)21/h3-4,6-7,9-14,19H,2,5,8,15-16H2,1H3,(H,26,28)/t19-/m1/s1. The molecule has 1 aliphatic rings. The lowest BCUT2D eigenvalue weighted by Crippen LogP contribution is -2.43. The highest BCUT2D eigenvalue weighted by Gasteiger charge is 2.34. The third-order valence-electron chi connectivity index (χ3n) is 5.63. The Balaban J connectivity index is 1.48. The van der Waals surface area contributed by atoms with Gasteiger partial charge in [-0.25, -0.2) is 13.2 Å².